The number of nitrogens with zero attached hydrogens (tertiary/aromatic N) is 1. The number of aliphatic carboxylic acids is 2. The average molecular weight is 427 g/mol. The molecule has 2 atom stereocenters. The van der Waals surface area contributed by atoms with Gasteiger partial charge in [-0.25, -0.2) is 4.79 Å². The molecule has 0 radical (unpaired) electrons. The smallest absolute Gasteiger partial charge is 0.326 e. The molecule has 1 aromatic carbocycles. The number of carbonyl (C=O) groups excluding carboxylic acids is 1. The zero-order valence-corrected chi connectivity index (χ0v) is 16.5. The van der Waals surface area contributed by atoms with Gasteiger partial charge in [0.15, 0.2) is 0 Å². The highest BCUT2D eigenvalue weighted by Gasteiger charge is 2.22. The van der Waals surface area contributed by atoms with Crippen molar-refractivity contribution in [2.75, 3.05) is 5.73 Å². The summed E-state index contributed by atoms with van der Waals surface area (Å²) in [5, 5.41) is 20.6. The van der Waals surface area contributed by atoms with E-state index in [0.29, 0.717) is 16.6 Å². The van der Waals surface area contributed by atoms with Crippen molar-refractivity contribution in [2.24, 2.45) is 0 Å². The summed E-state index contributed by atoms with van der Waals surface area (Å²) in [5.41, 5.74) is 7.33. The van der Waals surface area contributed by atoms with Gasteiger partial charge < -0.3 is 26.2 Å². The number of nitrogens with two attached hydrogens (primary N) is 1. The summed E-state index contributed by atoms with van der Waals surface area (Å²) in [7, 11) is 0. The van der Waals surface area contributed by atoms with E-state index < -0.39 is 23.9 Å². The largest absolute Gasteiger partial charge is 0.481 e. The van der Waals surface area contributed by atoms with Crippen molar-refractivity contribution in [1.82, 2.24) is 20.3 Å². The molecule has 162 valence electrons. The lowest BCUT2D eigenvalue weighted by Gasteiger charge is -2.15. The topological polar surface area (TPSA) is 191 Å². The number of nitrogen functional groups attached to an aromatic ring is 1. The first-order valence-corrected chi connectivity index (χ1v) is 9.39. The first kappa shape index (κ1) is 21.6. The van der Waals surface area contributed by atoms with Gasteiger partial charge in [0.2, 0.25) is 5.95 Å². The molecule has 2 aromatic heterocycles. The van der Waals surface area contributed by atoms with Crippen LogP contribution in [0.1, 0.15) is 47.2 Å². The molecule has 0 fully saturated rings. The second-order valence-electron chi connectivity index (χ2n) is 7.06. The Morgan fingerprint density at radius 3 is 2.48 bits per heavy atom. The van der Waals surface area contributed by atoms with Crippen LogP contribution in [0.4, 0.5) is 5.95 Å². The van der Waals surface area contributed by atoms with Gasteiger partial charge in [-0.05, 0) is 29.7 Å². The number of fused-ring (bicyclic) bond motifs is 1. The molecule has 0 aliphatic heterocycles. The molecule has 3 rings (SSSR count). The van der Waals surface area contributed by atoms with Crippen LogP contribution in [0.3, 0.4) is 0 Å². The zero-order valence-electron chi connectivity index (χ0n) is 16.5. The standard InChI is InChI=1S/C20H21N5O6/c1-9(12-8-22-16-15(12)18(29)25-20(21)24-16)10-2-4-11(5-3-10)17(28)23-13(19(30)31)6-7-14(26)27/h2-5,8-9,13H,6-7H2,1H3,(H,23,28)(H,26,27)(H,30,31)(H4,21,22,24,25,29)/t9?,13-/m0/s1. The van der Waals surface area contributed by atoms with E-state index in [1.807, 2.05) is 6.92 Å². The SMILES string of the molecule is CC(c1ccc(C(=O)N[C@@H](CCC(=O)O)C(=O)O)cc1)c1c[nH]c2nc(N)[nH]c(=O)c12. The number of carbonyl (C=O) groups is 3. The number of aromatic nitrogens is 3. The monoisotopic (exact) mass is 427 g/mol. The van der Waals surface area contributed by atoms with Crippen LogP contribution in [-0.4, -0.2) is 49.1 Å². The fourth-order valence-electron chi connectivity index (χ4n) is 3.29. The molecule has 11 nitrogen and oxygen atoms in total. The maximum Gasteiger partial charge on any atom is 0.326 e. The van der Waals surface area contributed by atoms with E-state index in [-0.39, 0.29) is 35.8 Å². The van der Waals surface area contributed by atoms with Crippen LogP contribution in [0.5, 0.6) is 0 Å². The molecule has 0 bridgehead atoms. The highest BCUT2D eigenvalue weighted by molar-refractivity contribution is 5.96. The quantitative estimate of drug-likeness (QED) is 0.307. The Morgan fingerprint density at radius 1 is 1.19 bits per heavy atom. The first-order chi connectivity index (χ1) is 14.7. The number of hydrogen-bond acceptors (Lipinski definition) is 6. The Morgan fingerprint density at radius 2 is 1.87 bits per heavy atom. The molecule has 2 heterocycles. The number of carboxylic acid groups (broad SMARTS) is 2. The normalized spacial score (nSPS) is 12.9. The van der Waals surface area contributed by atoms with Gasteiger partial charge in [-0.2, -0.15) is 4.98 Å². The highest BCUT2D eigenvalue weighted by Crippen LogP contribution is 2.28. The minimum absolute atomic E-state index is 0.0111. The summed E-state index contributed by atoms with van der Waals surface area (Å²) in [6, 6.07) is 5.16. The molecule has 7 N–H and O–H groups in total. The highest BCUT2D eigenvalue weighted by atomic mass is 16.4. The van der Waals surface area contributed by atoms with Crippen molar-refractivity contribution in [1.29, 1.82) is 0 Å². The number of carboxylic acids is 2. The molecule has 0 saturated carbocycles. The van der Waals surface area contributed by atoms with Crippen molar-refractivity contribution >= 4 is 34.8 Å². The Labute approximate surface area is 175 Å². The van der Waals surface area contributed by atoms with Gasteiger partial charge in [0.05, 0.1) is 5.39 Å². The van der Waals surface area contributed by atoms with Crippen LogP contribution in [-0.2, 0) is 9.59 Å². The molecular formula is C20H21N5O6. The average Bonchev–Trinajstić information content (AvgIpc) is 3.14. The number of anilines is 1. The van der Waals surface area contributed by atoms with Gasteiger partial charge in [0, 0.05) is 24.1 Å². The van der Waals surface area contributed by atoms with Crippen LogP contribution in [0.25, 0.3) is 11.0 Å². The molecule has 0 aliphatic carbocycles. The second-order valence-corrected chi connectivity index (χ2v) is 7.06. The third-order valence-electron chi connectivity index (χ3n) is 4.98. The lowest BCUT2D eigenvalue weighted by molar-refractivity contribution is -0.140. The summed E-state index contributed by atoms with van der Waals surface area (Å²) in [4.78, 5) is 56.0. The van der Waals surface area contributed by atoms with E-state index in [2.05, 4.69) is 20.3 Å². The van der Waals surface area contributed by atoms with E-state index in [9.17, 15) is 24.3 Å². The molecule has 31 heavy (non-hydrogen) atoms. The molecule has 0 saturated heterocycles. The lowest BCUT2D eigenvalue weighted by atomic mass is 9.93. The Balaban J connectivity index is 1.78. The lowest BCUT2D eigenvalue weighted by Crippen LogP contribution is -2.41. The van der Waals surface area contributed by atoms with Gasteiger partial charge in [-0.3, -0.25) is 19.4 Å². The number of benzene rings is 1. The van der Waals surface area contributed by atoms with Gasteiger partial charge in [0.25, 0.3) is 11.5 Å². The molecule has 3 aromatic rings. The third kappa shape index (κ3) is 4.71. The molecule has 0 aliphatic rings. The number of amides is 1. The van der Waals surface area contributed by atoms with Crippen LogP contribution in [0.15, 0.2) is 35.3 Å². The van der Waals surface area contributed by atoms with Crippen LogP contribution in [0.2, 0.25) is 0 Å². The Bertz CT molecular complexity index is 1200. The van der Waals surface area contributed by atoms with Crippen molar-refractivity contribution in [2.45, 2.75) is 31.7 Å². The fraction of sp³-hybridized carbons (Fsp3) is 0.250. The maximum atomic E-state index is 12.4. The van der Waals surface area contributed by atoms with Gasteiger partial charge in [0.1, 0.15) is 11.7 Å². The summed E-state index contributed by atoms with van der Waals surface area (Å²) >= 11 is 0. The van der Waals surface area contributed by atoms with E-state index >= 15 is 0 Å². The molecule has 1 unspecified atom stereocenters. The van der Waals surface area contributed by atoms with Crippen LogP contribution >= 0.6 is 0 Å². The summed E-state index contributed by atoms with van der Waals surface area (Å²) in [6.07, 6.45) is 1.08. The Kier molecular flexibility index (Phi) is 6.05. The Hall–Kier alpha value is -4.15. The van der Waals surface area contributed by atoms with Crippen molar-refractivity contribution in [3.8, 4) is 0 Å². The van der Waals surface area contributed by atoms with Gasteiger partial charge in [-0.1, -0.05) is 19.1 Å². The van der Waals surface area contributed by atoms with E-state index in [1.165, 1.54) is 12.1 Å². The number of hydrogen-bond donors (Lipinski definition) is 6. The van der Waals surface area contributed by atoms with Crippen LogP contribution in [0, 0.1) is 0 Å². The van der Waals surface area contributed by atoms with Crippen molar-refractivity contribution in [3.05, 3.63) is 57.5 Å². The minimum Gasteiger partial charge on any atom is -0.481 e. The third-order valence-corrected chi connectivity index (χ3v) is 4.98. The molecule has 1 amide bonds. The van der Waals surface area contributed by atoms with Crippen LogP contribution < -0.4 is 16.6 Å². The molecular weight excluding hydrogens is 406 g/mol. The summed E-state index contributed by atoms with van der Waals surface area (Å²) < 4.78 is 0. The molecule has 0 spiro atoms. The number of aromatic amines is 2. The second kappa shape index (κ2) is 8.69. The van der Waals surface area contributed by atoms with E-state index in [1.54, 1.807) is 18.3 Å². The van der Waals surface area contributed by atoms with Crippen molar-refractivity contribution in [3.63, 3.8) is 0 Å². The van der Waals surface area contributed by atoms with Gasteiger partial charge in [-0.15, -0.1) is 0 Å². The van der Waals surface area contributed by atoms with Crippen molar-refractivity contribution < 1.29 is 24.6 Å². The van der Waals surface area contributed by atoms with Gasteiger partial charge >= 0.3 is 11.9 Å². The predicted molar refractivity (Wildman–Crippen MR) is 111 cm³/mol. The minimum atomic E-state index is -1.31. The maximum absolute atomic E-state index is 12.4. The number of nitrogens with one attached hydrogen (secondary N) is 3. The fourth-order valence-corrected chi connectivity index (χ4v) is 3.29. The first-order valence-electron chi connectivity index (χ1n) is 9.39. The predicted octanol–water partition coefficient (Wildman–Crippen LogP) is 1.03. The number of H-pyrrole nitrogens is 2. The molecule has 11 heteroatoms. The number of rotatable bonds is 8. The summed E-state index contributed by atoms with van der Waals surface area (Å²) in [6.45, 7) is 1.89. The van der Waals surface area contributed by atoms with E-state index in [0.717, 1.165) is 5.56 Å². The van der Waals surface area contributed by atoms with E-state index in [4.69, 9.17) is 10.8 Å². The zero-order chi connectivity index (χ0) is 22.7. The summed E-state index contributed by atoms with van der Waals surface area (Å²) in [5.74, 6) is -3.27.